The summed E-state index contributed by atoms with van der Waals surface area (Å²) in [5.74, 6) is -1.11. The molecule has 1 N–H and O–H groups in total. The molecule has 0 aromatic heterocycles. The number of carbonyl (C=O) groups excluding carboxylic acids is 1. The first-order chi connectivity index (χ1) is 12.6. The lowest BCUT2D eigenvalue weighted by Crippen LogP contribution is -2.21. The molecule has 0 bridgehead atoms. The van der Waals surface area contributed by atoms with E-state index in [0.29, 0.717) is 0 Å². The van der Waals surface area contributed by atoms with E-state index in [4.69, 9.17) is 9.84 Å². The molecule has 0 saturated carbocycles. The molecule has 0 fully saturated rings. The number of unbranched alkanes of at least 4 members (excludes halogenated alkanes) is 4. The van der Waals surface area contributed by atoms with Crippen molar-refractivity contribution in [3.05, 3.63) is 35.9 Å². The van der Waals surface area contributed by atoms with Crippen molar-refractivity contribution in [2.75, 3.05) is 0 Å². The van der Waals surface area contributed by atoms with E-state index in [-0.39, 0.29) is 24.9 Å². The Balaban J connectivity index is 2.88. The van der Waals surface area contributed by atoms with Gasteiger partial charge in [0.15, 0.2) is 0 Å². The van der Waals surface area contributed by atoms with Crippen LogP contribution in [-0.2, 0) is 14.3 Å². The van der Waals surface area contributed by atoms with Crippen LogP contribution in [0.2, 0.25) is 0 Å². The third kappa shape index (κ3) is 9.02. The largest absolute Gasteiger partial charge is 0.481 e. The lowest BCUT2D eigenvalue weighted by molar-refractivity contribution is -0.155. The second-order valence-corrected chi connectivity index (χ2v) is 6.97. The standard InChI is InChI=1S/C22H34O4/c1-3-5-8-12-18(13-9-6-4-2)22(19-14-10-7-11-15-19)26-21(25)17-16-20(23)24/h7,10-11,14-15,18,22H,3-6,8-9,12-13,16-17H2,1-2H3,(H,23,24). The van der Waals surface area contributed by atoms with Gasteiger partial charge in [-0.2, -0.15) is 0 Å². The molecule has 26 heavy (non-hydrogen) atoms. The van der Waals surface area contributed by atoms with Gasteiger partial charge >= 0.3 is 11.9 Å². The molecule has 1 rings (SSSR count). The number of hydrogen-bond acceptors (Lipinski definition) is 3. The molecule has 0 aliphatic heterocycles. The summed E-state index contributed by atoms with van der Waals surface area (Å²) in [6, 6.07) is 9.88. The second kappa shape index (κ2) is 13.4. The summed E-state index contributed by atoms with van der Waals surface area (Å²) >= 11 is 0. The fourth-order valence-corrected chi connectivity index (χ4v) is 3.25. The third-order valence-electron chi connectivity index (χ3n) is 4.71. The number of aliphatic carboxylic acids is 1. The lowest BCUT2D eigenvalue weighted by atomic mass is 9.86. The van der Waals surface area contributed by atoms with Crippen molar-refractivity contribution in [3.63, 3.8) is 0 Å². The highest BCUT2D eigenvalue weighted by molar-refractivity contribution is 5.76. The summed E-state index contributed by atoms with van der Waals surface area (Å²) < 4.78 is 5.81. The van der Waals surface area contributed by atoms with E-state index >= 15 is 0 Å². The van der Waals surface area contributed by atoms with Crippen LogP contribution >= 0.6 is 0 Å². The van der Waals surface area contributed by atoms with Gasteiger partial charge in [-0.25, -0.2) is 0 Å². The van der Waals surface area contributed by atoms with E-state index in [2.05, 4.69) is 13.8 Å². The SMILES string of the molecule is CCCCCC(CCCCC)C(OC(=O)CCC(=O)O)c1ccccc1. The van der Waals surface area contributed by atoms with Gasteiger partial charge in [0.05, 0.1) is 12.8 Å². The summed E-state index contributed by atoms with van der Waals surface area (Å²) in [5.41, 5.74) is 1.01. The van der Waals surface area contributed by atoms with Crippen molar-refractivity contribution in [3.8, 4) is 0 Å². The van der Waals surface area contributed by atoms with Crippen molar-refractivity contribution >= 4 is 11.9 Å². The zero-order valence-corrected chi connectivity index (χ0v) is 16.3. The Morgan fingerprint density at radius 3 is 2.00 bits per heavy atom. The molecule has 0 spiro atoms. The van der Waals surface area contributed by atoms with Gasteiger partial charge in [-0.05, 0) is 18.4 Å². The van der Waals surface area contributed by atoms with E-state index in [1.807, 2.05) is 30.3 Å². The van der Waals surface area contributed by atoms with Crippen LogP contribution < -0.4 is 0 Å². The fraction of sp³-hybridized carbons (Fsp3) is 0.636. The Labute approximate surface area is 158 Å². The highest BCUT2D eigenvalue weighted by Gasteiger charge is 2.26. The third-order valence-corrected chi connectivity index (χ3v) is 4.71. The lowest BCUT2D eigenvalue weighted by Gasteiger charge is -2.28. The zero-order chi connectivity index (χ0) is 19.2. The number of carbonyl (C=O) groups is 2. The maximum Gasteiger partial charge on any atom is 0.306 e. The van der Waals surface area contributed by atoms with Gasteiger partial charge in [-0.15, -0.1) is 0 Å². The average Bonchev–Trinajstić information content (AvgIpc) is 2.64. The van der Waals surface area contributed by atoms with Crippen LogP contribution in [0.5, 0.6) is 0 Å². The number of carboxylic acid groups (broad SMARTS) is 1. The minimum atomic E-state index is -0.972. The summed E-state index contributed by atoms with van der Waals surface area (Å²) in [7, 11) is 0. The molecule has 1 unspecified atom stereocenters. The molecule has 0 aliphatic rings. The highest BCUT2D eigenvalue weighted by Crippen LogP contribution is 2.34. The summed E-state index contributed by atoms with van der Waals surface area (Å²) in [6.07, 6.45) is 8.46. The van der Waals surface area contributed by atoms with E-state index in [1.54, 1.807) is 0 Å². The van der Waals surface area contributed by atoms with E-state index in [9.17, 15) is 9.59 Å². The monoisotopic (exact) mass is 362 g/mol. The first kappa shape index (κ1) is 22.2. The first-order valence-corrected chi connectivity index (χ1v) is 10.0. The minimum Gasteiger partial charge on any atom is -0.481 e. The van der Waals surface area contributed by atoms with Crippen molar-refractivity contribution in [1.29, 1.82) is 0 Å². The van der Waals surface area contributed by atoms with E-state index in [0.717, 1.165) is 44.1 Å². The molecule has 1 aromatic carbocycles. The Hall–Kier alpha value is -1.84. The normalized spacial score (nSPS) is 12.1. The van der Waals surface area contributed by atoms with E-state index < -0.39 is 11.9 Å². The molecule has 0 amide bonds. The number of esters is 1. The molecular formula is C22H34O4. The summed E-state index contributed by atoms with van der Waals surface area (Å²) in [6.45, 7) is 4.37. The molecule has 1 atom stereocenters. The van der Waals surface area contributed by atoms with Gasteiger partial charge in [0.2, 0.25) is 0 Å². The van der Waals surface area contributed by atoms with Gasteiger partial charge in [-0.3, -0.25) is 9.59 Å². The number of ether oxygens (including phenoxy) is 1. The molecule has 0 heterocycles. The second-order valence-electron chi connectivity index (χ2n) is 6.97. The molecule has 0 radical (unpaired) electrons. The molecule has 146 valence electrons. The summed E-state index contributed by atoms with van der Waals surface area (Å²) in [5, 5.41) is 8.80. The summed E-state index contributed by atoms with van der Waals surface area (Å²) in [4.78, 5) is 22.9. The fourth-order valence-electron chi connectivity index (χ4n) is 3.25. The smallest absolute Gasteiger partial charge is 0.306 e. The van der Waals surface area contributed by atoms with Gasteiger partial charge < -0.3 is 9.84 Å². The average molecular weight is 363 g/mol. The molecule has 0 aliphatic carbocycles. The van der Waals surface area contributed by atoms with Gasteiger partial charge in [0, 0.05) is 5.92 Å². The number of hydrogen-bond donors (Lipinski definition) is 1. The number of rotatable bonds is 14. The zero-order valence-electron chi connectivity index (χ0n) is 16.3. The Morgan fingerprint density at radius 2 is 1.50 bits per heavy atom. The molecule has 1 aromatic rings. The van der Waals surface area contributed by atoms with Crippen molar-refractivity contribution in [2.24, 2.45) is 5.92 Å². The van der Waals surface area contributed by atoms with Gasteiger partial charge in [-0.1, -0.05) is 82.7 Å². The van der Waals surface area contributed by atoms with Crippen molar-refractivity contribution in [1.82, 2.24) is 0 Å². The predicted octanol–water partition coefficient (Wildman–Crippen LogP) is 5.91. The number of carboxylic acids is 1. The Bertz CT molecular complexity index is 502. The van der Waals surface area contributed by atoms with Gasteiger partial charge in [0.25, 0.3) is 0 Å². The van der Waals surface area contributed by atoms with Crippen LogP contribution in [0.25, 0.3) is 0 Å². The van der Waals surface area contributed by atoms with Crippen LogP contribution in [0.15, 0.2) is 30.3 Å². The Kier molecular flexibility index (Phi) is 11.4. The first-order valence-electron chi connectivity index (χ1n) is 10.0. The van der Waals surface area contributed by atoms with Crippen LogP contribution in [0.4, 0.5) is 0 Å². The number of benzene rings is 1. The maximum absolute atomic E-state index is 12.2. The predicted molar refractivity (Wildman–Crippen MR) is 104 cm³/mol. The van der Waals surface area contributed by atoms with E-state index in [1.165, 1.54) is 12.8 Å². The minimum absolute atomic E-state index is 0.0741. The molecule has 4 heteroatoms. The molecular weight excluding hydrogens is 328 g/mol. The van der Waals surface area contributed by atoms with Crippen LogP contribution in [0.1, 0.15) is 89.7 Å². The molecule has 0 saturated heterocycles. The maximum atomic E-state index is 12.2. The van der Waals surface area contributed by atoms with Crippen LogP contribution in [0.3, 0.4) is 0 Å². The quantitative estimate of drug-likeness (QED) is 0.330. The highest BCUT2D eigenvalue weighted by atomic mass is 16.5. The van der Waals surface area contributed by atoms with Crippen molar-refractivity contribution < 1.29 is 19.4 Å². The van der Waals surface area contributed by atoms with Crippen molar-refractivity contribution in [2.45, 2.75) is 84.2 Å². The van der Waals surface area contributed by atoms with Crippen LogP contribution in [0, 0.1) is 5.92 Å². The topological polar surface area (TPSA) is 63.6 Å². The molecule has 4 nitrogen and oxygen atoms in total. The van der Waals surface area contributed by atoms with Gasteiger partial charge in [0.1, 0.15) is 6.10 Å². The van der Waals surface area contributed by atoms with Crippen LogP contribution in [-0.4, -0.2) is 17.0 Å². The Morgan fingerprint density at radius 1 is 0.923 bits per heavy atom.